The molecule has 2 aromatic heterocycles. The molecule has 0 aliphatic heterocycles. The standard InChI is InChI=1S/C20H25N5O2S/c1-12-10-14(13(2)23-28(27)20(3,4)5)16-15(11-12)19(26)25(7)18(22-16)17-21-8-9-24(17)6/h8-11H,1-7H3. The fourth-order valence-corrected chi connectivity index (χ4v) is 3.51. The number of hydrogen-bond acceptors (Lipinski definition) is 5. The van der Waals surface area contributed by atoms with E-state index in [-0.39, 0.29) is 5.56 Å². The Kier molecular flexibility index (Phi) is 5.20. The molecule has 0 aliphatic rings. The van der Waals surface area contributed by atoms with Crippen LogP contribution in [0.1, 0.15) is 38.8 Å². The van der Waals surface area contributed by atoms with Crippen LogP contribution in [0.3, 0.4) is 0 Å². The molecule has 7 nitrogen and oxygen atoms in total. The Morgan fingerprint density at radius 1 is 1.21 bits per heavy atom. The molecule has 0 fully saturated rings. The summed E-state index contributed by atoms with van der Waals surface area (Å²) >= 11 is -1.41. The lowest BCUT2D eigenvalue weighted by Gasteiger charge is -2.19. The van der Waals surface area contributed by atoms with E-state index in [9.17, 15) is 9.35 Å². The predicted molar refractivity (Wildman–Crippen MR) is 114 cm³/mol. The number of benzene rings is 1. The first-order valence-electron chi connectivity index (χ1n) is 8.97. The monoisotopic (exact) mass is 399 g/mol. The highest BCUT2D eigenvalue weighted by Gasteiger charge is 2.27. The van der Waals surface area contributed by atoms with Crippen molar-refractivity contribution in [2.24, 2.45) is 18.5 Å². The van der Waals surface area contributed by atoms with Crippen molar-refractivity contribution < 1.29 is 4.55 Å². The van der Waals surface area contributed by atoms with Crippen molar-refractivity contribution in [2.75, 3.05) is 0 Å². The van der Waals surface area contributed by atoms with Gasteiger partial charge in [-0.1, -0.05) is 4.40 Å². The first-order chi connectivity index (χ1) is 13.0. The molecule has 0 bridgehead atoms. The molecule has 28 heavy (non-hydrogen) atoms. The van der Waals surface area contributed by atoms with E-state index in [1.807, 2.05) is 51.4 Å². The van der Waals surface area contributed by atoms with Gasteiger partial charge in [-0.25, -0.2) is 9.97 Å². The Balaban J connectivity index is 2.33. The highest BCUT2D eigenvalue weighted by Crippen LogP contribution is 2.24. The lowest BCUT2D eigenvalue weighted by atomic mass is 10.0. The largest absolute Gasteiger partial charge is 0.591 e. The van der Waals surface area contributed by atoms with E-state index in [0.717, 1.165) is 5.56 Å². The molecule has 0 aliphatic carbocycles. The zero-order valence-electron chi connectivity index (χ0n) is 17.3. The fourth-order valence-electron chi connectivity index (χ4n) is 2.89. The van der Waals surface area contributed by atoms with Gasteiger partial charge in [0.15, 0.2) is 11.6 Å². The normalized spacial score (nSPS) is 13.9. The number of imidazole rings is 1. The molecule has 0 N–H and O–H groups in total. The van der Waals surface area contributed by atoms with Gasteiger partial charge in [0.1, 0.15) is 16.1 Å². The molecular formula is C20H25N5O2S. The van der Waals surface area contributed by atoms with E-state index < -0.39 is 16.1 Å². The first-order valence-corrected chi connectivity index (χ1v) is 10.1. The summed E-state index contributed by atoms with van der Waals surface area (Å²) in [5.41, 5.74) is 2.60. The van der Waals surface area contributed by atoms with E-state index in [2.05, 4.69) is 9.38 Å². The van der Waals surface area contributed by atoms with Gasteiger partial charge in [-0.15, -0.1) is 0 Å². The number of aryl methyl sites for hydroxylation is 2. The molecule has 0 spiro atoms. The summed E-state index contributed by atoms with van der Waals surface area (Å²) in [6, 6.07) is 3.75. The van der Waals surface area contributed by atoms with Crippen LogP contribution in [0.15, 0.2) is 33.7 Å². The topological polar surface area (TPSA) is 88.1 Å². The second kappa shape index (κ2) is 7.18. The molecule has 0 saturated heterocycles. The van der Waals surface area contributed by atoms with Crippen molar-refractivity contribution in [3.05, 3.63) is 46.0 Å². The quantitative estimate of drug-likeness (QED) is 0.500. The second-order valence-corrected chi connectivity index (χ2v) is 9.81. The molecule has 0 amide bonds. The summed E-state index contributed by atoms with van der Waals surface area (Å²) in [5.74, 6) is 1.07. The van der Waals surface area contributed by atoms with Crippen LogP contribution in [0.25, 0.3) is 22.6 Å². The first kappa shape index (κ1) is 20.3. The van der Waals surface area contributed by atoms with Crippen LogP contribution in [0.2, 0.25) is 0 Å². The van der Waals surface area contributed by atoms with Crippen LogP contribution in [0.5, 0.6) is 0 Å². The number of fused-ring (bicyclic) bond motifs is 1. The van der Waals surface area contributed by atoms with E-state index in [1.165, 1.54) is 4.57 Å². The van der Waals surface area contributed by atoms with Gasteiger partial charge in [0.2, 0.25) is 0 Å². The van der Waals surface area contributed by atoms with Crippen molar-refractivity contribution in [3.8, 4) is 11.6 Å². The van der Waals surface area contributed by atoms with Gasteiger partial charge in [-0.05, 0) is 52.3 Å². The molecule has 0 radical (unpaired) electrons. The van der Waals surface area contributed by atoms with Crippen LogP contribution < -0.4 is 5.56 Å². The third kappa shape index (κ3) is 3.62. The second-order valence-electron chi connectivity index (χ2n) is 7.91. The van der Waals surface area contributed by atoms with Gasteiger partial charge >= 0.3 is 0 Å². The summed E-state index contributed by atoms with van der Waals surface area (Å²) < 4.78 is 19.8. The number of aromatic nitrogens is 4. The van der Waals surface area contributed by atoms with Crippen molar-refractivity contribution in [1.82, 2.24) is 19.1 Å². The average molecular weight is 400 g/mol. The molecule has 3 aromatic rings. The minimum absolute atomic E-state index is 0.155. The van der Waals surface area contributed by atoms with Crippen LogP contribution in [-0.2, 0) is 25.5 Å². The SMILES string of the molecule is CC(=N[S+]([O-])C(C)(C)C)c1cc(C)cc2c(=O)n(C)c(-c3nccn3C)nc12. The maximum absolute atomic E-state index is 13.1. The zero-order valence-corrected chi connectivity index (χ0v) is 18.1. The zero-order chi connectivity index (χ0) is 20.8. The van der Waals surface area contributed by atoms with E-state index in [0.29, 0.717) is 33.8 Å². The van der Waals surface area contributed by atoms with Gasteiger partial charge in [-0.3, -0.25) is 9.36 Å². The molecule has 3 rings (SSSR count). The Hall–Kier alpha value is -2.45. The molecule has 1 atom stereocenters. The van der Waals surface area contributed by atoms with Crippen molar-refractivity contribution in [1.29, 1.82) is 0 Å². The summed E-state index contributed by atoms with van der Waals surface area (Å²) in [7, 11) is 3.55. The average Bonchev–Trinajstić information content (AvgIpc) is 3.02. The Morgan fingerprint density at radius 2 is 1.89 bits per heavy atom. The van der Waals surface area contributed by atoms with Gasteiger partial charge in [0.05, 0.1) is 16.6 Å². The predicted octanol–water partition coefficient (Wildman–Crippen LogP) is 2.91. The lowest BCUT2D eigenvalue weighted by Crippen LogP contribution is -2.27. The highest BCUT2D eigenvalue weighted by molar-refractivity contribution is 7.91. The van der Waals surface area contributed by atoms with Crippen LogP contribution in [0, 0.1) is 6.92 Å². The Labute approximate surface area is 167 Å². The van der Waals surface area contributed by atoms with Crippen molar-refractivity contribution in [2.45, 2.75) is 39.4 Å². The van der Waals surface area contributed by atoms with E-state index in [1.54, 1.807) is 26.4 Å². The minimum atomic E-state index is -1.41. The van der Waals surface area contributed by atoms with Crippen molar-refractivity contribution in [3.63, 3.8) is 0 Å². The van der Waals surface area contributed by atoms with E-state index in [4.69, 9.17) is 4.98 Å². The smallest absolute Gasteiger partial charge is 0.261 e. The molecule has 148 valence electrons. The number of nitrogens with zero attached hydrogens (tertiary/aromatic N) is 5. The molecule has 0 saturated carbocycles. The highest BCUT2D eigenvalue weighted by atomic mass is 32.2. The molecular weight excluding hydrogens is 374 g/mol. The Morgan fingerprint density at radius 3 is 2.46 bits per heavy atom. The summed E-state index contributed by atoms with van der Waals surface area (Å²) in [6.07, 6.45) is 3.47. The summed E-state index contributed by atoms with van der Waals surface area (Å²) in [5, 5.41) is 0.506. The maximum atomic E-state index is 13.1. The minimum Gasteiger partial charge on any atom is -0.591 e. The molecule has 1 unspecified atom stereocenters. The van der Waals surface area contributed by atoms with E-state index >= 15 is 0 Å². The van der Waals surface area contributed by atoms with Crippen LogP contribution >= 0.6 is 0 Å². The summed E-state index contributed by atoms with van der Waals surface area (Å²) in [6.45, 7) is 9.35. The van der Waals surface area contributed by atoms with Crippen LogP contribution in [-0.4, -0.2) is 34.1 Å². The van der Waals surface area contributed by atoms with Gasteiger partial charge in [0, 0.05) is 32.1 Å². The molecule has 2 heterocycles. The van der Waals surface area contributed by atoms with Gasteiger partial charge < -0.3 is 9.12 Å². The Bertz CT molecular complexity index is 1140. The molecule has 8 heteroatoms. The maximum Gasteiger partial charge on any atom is 0.261 e. The van der Waals surface area contributed by atoms with Crippen molar-refractivity contribution >= 4 is 28.0 Å². The number of hydrogen-bond donors (Lipinski definition) is 0. The number of rotatable bonds is 3. The van der Waals surface area contributed by atoms with Gasteiger partial charge in [0.25, 0.3) is 5.56 Å². The third-order valence-electron chi connectivity index (χ3n) is 4.48. The van der Waals surface area contributed by atoms with Gasteiger partial charge in [-0.2, -0.15) is 0 Å². The lowest BCUT2D eigenvalue weighted by molar-refractivity contribution is 0.561. The molecule has 1 aromatic carbocycles. The van der Waals surface area contributed by atoms with Crippen LogP contribution in [0.4, 0.5) is 0 Å². The summed E-state index contributed by atoms with van der Waals surface area (Å²) in [4.78, 5) is 22.1. The third-order valence-corrected chi connectivity index (χ3v) is 5.97. The fraction of sp³-hybridized carbons (Fsp3) is 0.400.